The molecule has 1 fully saturated rings. The van der Waals surface area contributed by atoms with E-state index in [2.05, 4.69) is 5.32 Å². The number of nitrogens with one attached hydrogen (secondary N) is 1. The highest BCUT2D eigenvalue weighted by Crippen LogP contribution is 2.45. The lowest BCUT2D eigenvalue weighted by Gasteiger charge is -2.22. The van der Waals surface area contributed by atoms with Crippen LogP contribution in [-0.2, 0) is 15.0 Å². The third-order valence-corrected chi connectivity index (χ3v) is 4.51. The summed E-state index contributed by atoms with van der Waals surface area (Å²) in [5, 5.41) is 2.94. The highest BCUT2D eigenvalue weighted by Gasteiger charge is 2.52. The molecule has 1 aromatic carbocycles. The molecule has 2 aliphatic rings. The van der Waals surface area contributed by atoms with Gasteiger partial charge in [-0.3, -0.25) is 9.59 Å². The average molecular weight is 288 g/mol. The van der Waals surface area contributed by atoms with E-state index in [1.165, 1.54) is 0 Å². The zero-order valence-electron chi connectivity index (χ0n) is 12.4. The van der Waals surface area contributed by atoms with Crippen molar-refractivity contribution >= 4 is 17.5 Å². The summed E-state index contributed by atoms with van der Waals surface area (Å²) in [6.45, 7) is 3.10. The first-order chi connectivity index (χ1) is 10.1. The van der Waals surface area contributed by atoms with Crippen molar-refractivity contribution in [2.45, 2.75) is 31.6 Å². The second kappa shape index (κ2) is 5.06. The summed E-state index contributed by atoms with van der Waals surface area (Å²) in [5.74, 6) is 0.874. The van der Waals surface area contributed by atoms with Crippen molar-refractivity contribution in [1.82, 2.24) is 4.90 Å². The van der Waals surface area contributed by atoms with Crippen LogP contribution in [0.15, 0.2) is 18.2 Å². The summed E-state index contributed by atoms with van der Waals surface area (Å²) >= 11 is 0. The lowest BCUT2D eigenvalue weighted by atomic mass is 9.81. The van der Waals surface area contributed by atoms with Gasteiger partial charge in [-0.2, -0.15) is 0 Å². The van der Waals surface area contributed by atoms with E-state index >= 15 is 0 Å². The van der Waals surface area contributed by atoms with Crippen molar-refractivity contribution in [3.05, 3.63) is 23.8 Å². The number of rotatable bonds is 3. The number of hydrogen-bond acceptors (Lipinski definition) is 3. The zero-order valence-corrected chi connectivity index (χ0v) is 12.4. The quantitative estimate of drug-likeness (QED) is 0.924. The molecule has 1 N–H and O–H groups in total. The molecule has 0 bridgehead atoms. The molecule has 3 rings (SSSR count). The van der Waals surface area contributed by atoms with Gasteiger partial charge >= 0.3 is 0 Å². The van der Waals surface area contributed by atoms with E-state index in [4.69, 9.17) is 4.74 Å². The molecule has 0 aromatic heterocycles. The van der Waals surface area contributed by atoms with Gasteiger partial charge in [0.2, 0.25) is 11.8 Å². The smallest absolute Gasteiger partial charge is 0.237 e. The average Bonchev–Trinajstić information content (AvgIpc) is 3.04. The number of fused-ring (bicyclic) bond motifs is 2. The van der Waals surface area contributed by atoms with E-state index in [0.29, 0.717) is 25.9 Å². The maximum atomic E-state index is 12.5. The van der Waals surface area contributed by atoms with E-state index < -0.39 is 5.41 Å². The van der Waals surface area contributed by atoms with Gasteiger partial charge in [0.15, 0.2) is 0 Å². The second-order valence-corrected chi connectivity index (χ2v) is 5.76. The van der Waals surface area contributed by atoms with E-state index in [0.717, 1.165) is 23.4 Å². The van der Waals surface area contributed by atoms with Gasteiger partial charge in [0.05, 0.1) is 12.5 Å². The van der Waals surface area contributed by atoms with Gasteiger partial charge < -0.3 is 15.0 Å². The lowest BCUT2D eigenvalue weighted by Crippen LogP contribution is -2.39. The summed E-state index contributed by atoms with van der Waals surface area (Å²) in [6.07, 6.45) is 2.05. The number of likely N-dealkylation sites (tertiary alicyclic amines) is 1. The van der Waals surface area contributed by atoms with Crippen LogP contribution in [0, 0.1) is 0 Å². The topological polar surface area (TPSA) is 58.6 Å². The van der Waals surface area contributed by atoms with Crippen LogP contribution in [0.1, 0.15) is 31.7 Å². The van der Waals surface area contributed by atoms with E-state index in [1.807, 2.05) is 30.0 Å². The van der Waals surface area contributed by atoms with Crippen molar-refractivity contribution in [3.63, 3.8) is 0 Å². The molecule has 112 valence electrons. The normalized spacial score (nSPS) is 23.3. The first-order valence-corrected chi connectivity index (χ1v) is 7.38. The fraction of sp³-hybridized carbons (Fsp3) is 0.500. The summed E-state index contributed by atoms with van der Waals surface area (Å²) in [4.78, 5) is 26.4. The first-order valence-electron chi connectivity index (χ1n) is 7.38. The molecule has 21 heavy (non-hydrogen) atoms. The van der Waals surface area contributed by atoms with Crippen molar-refractivity contribution in [1.29, 1.82) is 0 Å². The zero-order chi connectivity index (χ0) is 15.0. The number of amides is 2. The Morgan fingerprint density at radius 2 is 2.29 bits per heavy atom. The number of methoxy groups -OCH3 is 1. The molecule has 1 atom stereocenters. The number of carbonyl (C=O) groups excluding carboxylic acids is 2. The summed E-state index contributed by atoms with van der Waals surface area (Å²) in [6, 6.07) is 5.63. The van der Waals surface area contributed by atoms with E-state index in [1.54, 1.807) is 7.11 Å². The van der Waals surface area contributed by atoms with Crippen LogP contribution < -0.4 is 10.1 Å². The number of ether oxygens (including phenoxy) is 1. The Morgan fingerprint density at radius 1 is 1.48 bits per heavy atom. The van der Waals surface area contributed by atoms with Crippen LogP contribution in [0.2, 0.25) is 0 Å². The minimum atomic E-state index is -0.604. The van der Waals surface area contributed by atoms with Gasteiger partial charge in [-0.25, -0.2) is 0 Å². The third kappa shape index (κ3) is 2.07. The first kappa shape index (κ1) is 13.9. The van der Waals surface area contributed by atoms with Gasteiger partial charge in [0.25, 0.3) is 0 Å². The molecule has 2 heterocycles. The molecule has 0 aliphatic carbocycles. The molecule has 1 saturated heterocycles. The minimum absolute atomic E-state index is 0.00227. The molecule has 0 radical (unpaired) electrons. The molecule has 2 aliphatic heterocycles. The van der Waals surface area contributed by atoms with E-state index in [-0.39, 0.29) is 11.8 Å². The van der Waals surface area contributed by atoms with Gasteiger partial charge in [-0.05, 0) is 36.6 Å². The highest BCUT2D eigenvalue weighted by atomic mass is 16.5. The SMILES string of the molecule is CCCC(=O)N1CC[C@@]2(C1)C(=O)Nc1ccc(OC)cc12. The van der Waals surface area contributed by atoms with Crippen molar-refractivity contribution in [2.24, 2.45) is 0 Å². The van der Waals surface area contributed by atoms with Gasteiger partial charge in [0.1, 0.15) is 5.75 Å². The predicted octanol–water partition coefficient (Wildman–Crippen LogP) is 1.92. The maximum absolute atomic E-state index is 12.5. The third-order valence-electron chi connectivity index (χ3n) is 4.51. The molecule has 5 heteroatoms. The van der Waals surface area contributed by atoms with Gasteiger partial charge in [-0.1, -0.05) is 6.92 Å². The number of benzene rings is 1. The Balaban J connectivity index is 1.93. The number of hydrogen-bond donors (Lipinski definition) is 1. The molecule has 2 amide bonds. The van der Waals surface area contributed by atoms with Crippen LogP contribution in [0.5, 0.6) is 5.75 Å². The Morgan fingerprint density at radius 3 is 3.00 bits per heavy atom. The fourth-order valence-corrected chi connectivity index (χ4v) is 3.32. The summed E-state index contributed by atoms with van der Waals surface area (Å²) in [7, 11) is 1.62. The fourth-order valence-electron chi connectivity index (χ4n) is 3.32. The Bertz CT molecular complexity index is 599. The van der Waals surface area contributed by atoms with Crippen LogP contribution in [0.4, 0.5) is 5.69 Å². The minimum Gasteiger partial charge on any atom is -0.497 e. The largest absolute Gasteiger partial charge is 0.497 e. The van der Waals surface area contributed by atoms with Crippen LogP contribution in [-0.4, -0.2) is 36.9 Å². The highest BCUT2D eigenvalue weighted by molar-refractivity contribution is 6.07. The van der Waals surface area contributed by atoms with Gasteiger partial charge in [-0.15, -0.1) is 0 Å². The van der Waals surface area contributed by atoms with Gasteiger partial charge in [0, 0.05) is 25.2 Å². The van der Waals surface area contributed by atoms with Crippen LogP contribution in [0.3, 0.4) is 0 Å². The predicted molar refractivity (Wildman–Crippen MR) is 79.4 cm³/mol. The molecule has 0 saturated carbocycles. The van der Waals surface area contributed by atoms with E-state index in [9.17, 15) is 9.59 Å². The summed E-state index contributed by atoms with van der Waals surface area (Å²) < 4.78 is 5.27. The molecular weight excluding hydrogens is 268 g/mol. The lowest BCUT2D eigenvalue weighted by molar-refractivity contribution is -0.130. The van der Waals surface area contributed by atoms with Crippen LogP contribution >= 0.6 is 0 Å². The van der Waals surface area contributed by atoms with Crippen molar-refractivity contribution in [3.8, 4) is 5.75 Å². The Labute approximate surface area is 124 Å². The number of carbonyl (C=O) groups is 2. The molecular formula is C16H20N2O3. The second-order valence-electron chi connectivity index (χ2n) is 5.76. The van der Waals surface area contributed by atoms with Crippen molar-refractivity contribution < 1.29 is 14.3 Å². The molecule has 1 aromatic rings. The van der Waals surface area contributed by atoms with Crippen LogP contribution in [0.25, 0.3) is 0 Å². The number of nitrogens with zero attached hydrogens (tertiary/aromatic N) is 1. The maximum Gasteiger partial charge on any atom is 0.237 e. The molecule has 1 spiro atoms. The van der Waals surface area contributed by atoms with Crippen molar-refractivity contribution in [2.75, 3.05) is 25.5 Å². The monoisotopic (exact) mass is 288 g/mol. The Hall–Kier alpha value is -2.04. The number of anilines is 1. The standard InChI is InChI=1S/C16H20N2O3/c1-3-4-14(19)18-8-7-16(10-18)12-9-11(21-2)5-6-13(12)17-15(16)20/h5-6,9H,3-4,7-8,10H2,1-2H3,(H,17,20)/t16-/m0/s1. The molecule has 5 nitrogen and oxygen atoms in total. The summed E-state index contributed by atoms with van der Waals surface area (Å²) in [5.41, 5.74) is 1.19. The Kier molecular flexibility index (Phi) is 3.35. The molecule has 0 unspecified atom stereocenters.